The molecule has 0 bridgehead atoms. The number of carbonyl (C=O) groups is 1. The molecule has 1 fully saturated rings. The van der Waals surface area contributed by atoms with Crippen molar-refractivity contribution >= 4 is 11.7 Å². The Morgan fingerprint density at radius 1 is 1.45 bits per heavy atom. The maximum Gasteiger partial charge on any atom is 0.322 e. The molecule has 0 spiro atoms. The van der Waals surface area contributed by atoms with Crippen molar-refractivity contribution in [3.05, 3.63) is 29.8 Å². The molecule has 2 N–H and O–H groups in total. The predicted molar refractivity (Wildman–Crippen MR) is 71.4 cm³/mol. The predicted octanol–water partition coefficient (Wildman–Crippen LogP) is 2.59. The number of benzene rings is 1. The second-order valence-electron chi connectivity index (χ2n) is 5.16. The molecule has 2 atom stereocenters. The zero-order valence-electron chi connectivity index (χ0n) is 11.3. The standard InChI is InChI=1S/C14H18F2N2O2/c1-9-5-6-10(8-19)7-18(9)14(20)17-12-4-2-3-11(15)13(12)16/h2-4,9-10,19H,5-8H2,1H3,(H,17,20). The summed E-state index contributed by atoms with van der Waals surface area (Å²) in [5, 5.41) is 11.6. The summed E-state index contributed by atoms with van der Waals surface area (Å²) >= 11 is 0. The molecule has 1 aliphatic rings. The van der Waals surface area contributed by atoms with Gasteiger partial charge in [-0.2, -0.15) is 0 Å². The van der Waals surface area contributed by atoms with Gasteiger partial charge in [-0.05, 0) is 37.8 Å². The highest BCUT2D eigenvalue weighted by atomic mass is 19.2. The number of hydrogen-bond donors (Lipinski definition) is 2. The van der Waals surface area contributed by atoms with Crippen molar-refractivity contribution in [3.63, 3.8) is 0 Å². The maximum absolute atomic E-state index is 13.5. The van der Waals surface area contributed by atoms with Gasteiger partial charge in [-0.15, -0.1) is 0 Å². The normalized spacial score (nSPS) is 22.7. The second-order valence-corrected chi connectivity index (χ2v) is 5.16. The molecule has 4 nitrogen and oxygen atoms in total. The number of rotatable bonds is 2. The number of halogens is 2. The summed E-state index contributed by atoms with van der Waals surface area (Å²) in [4.78, 5) is 13.7. The van der Waals surface area contributed by atoms with E-state index in [0.29, 0.717) is 6.54 Å². The lowest BCUT2D eigenvalue weighted by atomic mass is 9.94. The maximum atomic E-state index is 13.5. The Bertz CT molecular complexity index is 496. The van der Waals surface area contributed by atoms with Crippen molar-refractivity contribution in [3.8, 4) is 0 Å². The van der Waals surface area contributed by atoms with Gasteiger partial charge in [0.2, 0.25) is 0 Å². The van der Waals surface area contributed by atoms with Crippen LogP contribution < -0.4 is 5.32 Å². The van der Waals surface area contributed by atoms with Crippen molar-refractivity contribution in [1.29, 1.82) is 0 Å². The molecule has 110 valence electrons. The third kappa shape index (κ3) is 3.07. The first-order valence-electron chi connectivity index (χ1n) is 6.65. The zero-order chi connectivity index (χ0) is 14.7. The Balaban J connectivity index is 2.09. The Kier molecular flexibility index (Phi) is 4.54. The summed E-state index contributed by atoms with van der Waals surface area (Å²) < 4.78 is 26.6. The molecule has 1 saturated heterocycles. The molecule has 1 aliphatic heterocycles. The number of carbonyl (C=O) groups excluding carboxylic acids is 1. The number of aliphatic hydroxyl groups is 1. The summed E-state index contributed by atoms with van der Waals surface area (Å²) in [5.41, 5.74) is -0.173. The largest absolute Gasteiger partial charge is 0.396 e. The number of piperidine rings is 1. The Hall–Kier alpha value is -1.69. The molecule has 20 heavy (non-hydrogen) atoms. The van der Waals surface area contributed by atoms with Crippen LogP contribution in [0, 0.1) is 17.6 Å². The average molecular weight is 284 g/mol. The molecular weight excluding hydrogens is 266 g/mol. The smallest absolute Gasteiger partial charge is 0.322 e. The molecule has 1 aromatic rings. The zero-order valence-corrected chi connectivity index (χ0v) is 11.3. The van der Waals surface area contributed by atoms with E-state index in [-0.39, 0.29) is 24.3 Å². The quantitative estimate of drug-likeness (QED) is 0.877. The molecule has 1 heterocycles. The summed E-state index contributed by atoms with van der Waals surface area (Å²) in [7, 11) is 0. The molecule has 2 unspecified atom stereocenters. The van der Waals surface area contributed by atoms with Crippen molar-refractivity contribution in [2.45, 2.75) is 25.8 Å². The molecular formula is C14H18F2N2O2. The van der Waals surface area contributed by atoms with E-state index in [0.717, 1.165) is 18.9 Å². The third-order valence-electron chi connectivity index (χ3n) is 3.69. The number of likely N-dealkylation sites (tertiary alicyclic amines) is 1. The van der Waals surface area contributed by atoms with Gasteiger partial charge in [-0.25, -0.2) is 13.6 Å². The first kappa shape index (κ1) is 14.7. The minimum absolute atomic E-state index is 0.00872. The minimum atomic E-state index is -1.07. The van der Waals surface area contributed by atoms with Crippen LogP contribution in [-0.2, 0) is 0 Å². The van der Waals surface area contributed by atoms with Crippen LogP contribution in [0.15, 0.2) is 18.2 Å². The number of amides is 2. The van der Waals surface area contributed by atoms with Crippen LogP contribution in [0.4, 0.5) is 19.3 Å². The Labute approximate surface area is 116 Å². The Morgan fingerprint density at radius 2 is 2.20 bits per heavy atom. The molecule has 0 saturated carbocycles. The van der Waals surface area contributed by atoms with Gasteiger partial charge in [0.15, 0.2) is 11.6 Å². The molecule has 1 aromatic carbocycles. The van der Waals surface area contributed by atoms with Crippen molar-refractivity contribution in [1.82, 2.24) is 4.90 Å². The van der Waals surface area contributed by atoms with Crippen molar-refractivity contribution in [2.75, 3.05) is 18.5 Å². The highest BCUT2D eigenvalue weighted by Crippen LogP contribution is 2.23. The fourth-order valence-corrected chi connectivity index (χ4v) is 2.40. The number of nitrogens with one attached hydrogen (secondary N) is 1. The number of hydrogen-bond acceptors (Lipinski definition) is 2. The van der Waals surface area contributed by atoms with Gasteiger partial charge in [-0.3, -0.25) is 0 Å². The van der Waals surface area contributed by atoms with E-state index in [4.69, 9.17) is 0 Å². The van der Waals surface area contributed by atoms with E-state index in [1.54, 1.807) is 4.90 Å². The van der Waals surface area contributed by atoms with Crippen molar-refractivity contribution in [2.24, 2.45) is 5.92 Å². The van der Waals surface area contributed by atoms with Crippen LogP contribution in [0.1, 0.15) is 19.8 Å². The van der Waals surface area contributed by atoms with Crippen LogP contribution in [-0.4, -0.2) is 35.2 Å². The van der Waals surface area contributed by atoms with Crippen LogP contribution in [0.3, 0.4) is 0 Å². The lowest BCUT2D eigenvalue weighted by Crippen LogP contribution is -2.48. The first-order chi connectivity index (χ1) is 9.52. The average Bonchev–Trinajstić information content (AvgIpc) is 2.44. The highest BCUT2D eigenvalue weighted by Gasteiger charge is 2.29. The monoisotopic (exact) mass is 284 g/mol. The number of nitrogens with zero attached hydrogens (tertiary/aromatic N) is 1. The van der Waals surface area contributed by atoms with E-state index >= 15 is 0 Å². The SMILES string of the molecule is CC1CCC(CO)CN1C(=O)Nc1cccc(F)c1F. The number of aliphatic hydroxyl groups excluding tert-OH is 1. The molecule has 6 heteroatoms. The molecule has 2 rings (SSSR count). The highest BCUT2D eigenvalue weighted by molar-refractivity contribution is 5.89. The minimum Gasteiger partial charge on any atom is -0.396 e. The van der Waals surface area contributed by atoms with E-state index in [1.165, 1.54) is 12.1 Å². The van der Waals surface area contributed by atoms with E-state index in [9.17, 15) is 18.7 Å². The number of urea groups is 1. The van der Waals surface area contributed by atoms with Crippen LogP contribution >= 0.6 is 0 Å². The van der Waals surface area contributed by atoms with Gasteiger partial charge in [-0.1, -0.05) is 6.07 Å². The molecule has 0 aliphatic carbocycles. The third-order valence-corrected chi connectivity index (χ3v) is 3.69. The fourth-order valence-electron chi connectivity index (χ4n) is 2.40. The summed E-state index contributed by atoms with van der Waals surface area (Å²) in [5.74, 6) is -2.03. The van der Waals surface area contributed by atoms with Crippen LogP contribution in [0.2, 0.25) is 0 Å². The van der Waals surface area contributed by atoms with Crippen molar-refractivity contribution < 1.29 is 18.7 Å². The second kappa shape index (κ2) is 6.17. The van der Waals surface area contributed by atoms with Crippen LogP contribution in [0.5, 0.6) is 0 Å². The van der Waals surface area contributed by atoms with Gasteiger partial charge >= 0.3 is 6.03 Å². The van der Waals surface area contributed by atoms with Gasteiger partial charge in [0.1, 0.15) is 0 Å². The van der Waals surface area contributed by atoms with Crippen LogP contribution in [0.25, 0.3) is 0 Å². The summed E-state index contributed by atoms with van der Waals surface area (Å²) in [6, 6.07) is 3.18. The lowest BCUT2D eigenvalue weighted by Gasteiger charge is -2.37. The number of anilines is 1. The van der Waals surface area contributed by atoms with E-state index in [2.05, 4.69) is 5.32 Å². The molecule has 0 radical (unpaired) electrons. The lowest BCUT2D eigenvalue weighted by molar-refractivity contribution is 0.107. The summed E-state index contributed by atoms with van der Waals surface area (Å²) in [6.07, 6.45) is 1.64. The van der Waals surface area contributed by atoms with Gasteiger partial charge in [0, 0.05) is 19.2 Å². The van der Waals surface area contributed by atoms with Gasteiger partial charge < -0.3 is 15.3 Å². The van der Waals surface area contributed by atoms with E-state index in [1.807, 2.05) is 6.92 Å². The molecule has 0 aromatic heterocycles. The fraction of sp³-hybridized carbons (Fsp3) is 0.500. The topological polar surface area (TPSA) is 52.6 Å². The van der Waals surface area contributed by atoms with E-state index < -0.39 is 17.7 Å². The molecule has 2 amide bonds. The van der Waals surface area contributed by atoms with Gasteiger partial charge in [0.25, 0.3) is 0 Å². The Morgan fingerprint density at radius 3 is 2.90 bits per heavy atom. The first-order valence-corrected chi connectivity index (χ1v) is 6.65. The van der Waals surface area contributed by atoms with Gasteiger partial charge in [0.05, 0.1) is 5.69 Å². The summed E-state index contributed by atoms with van der Waals surface area (Å²) in [6.45, 7) is 2.33.